The lowest BCUT2D eigenvalue weighted by Crippen LogP contribution is -2.30. The van der Waals surface area contributed by atoms with E-state index in [2.05, 4.69) is 0 Å². The Morgan fingerprint density at radius 3 is 2.24 bits per heavy atom. The first-order valence-electron chi connectivity index (χ1n) is 8.03. The molecular formula is C18H19Cl2NO3S. The first-order chi connectivity index (χ1) is 11.8. The number of para-hydroxylation sites is 1. The zero-order valence-corrected chi connectivity index (χ0v) is 16.1. The molecule has 0 heterocycles. The number of hydrogen-bond acceptors (Lipinski definition) is 3. The smallest absolute Gasteiger partial charge is 0.264 e. The number of anilines is 1. The van der Waals surface area contributed by atoms with Crippen LogP contribution in [0.15, 0.2) is 59.5 Å². The van der Waals surface area contributed by atoms with Crippen molar-refractivity contribution in [1.29, 1.82) is 0 Å². The Kier molecular flexibility index (Phi) is 5.19. The Balaban J connectivity index is 1.73. The Labute approximate surface area is 158 Å². The quantitative estimate of drug-likeness (QED) is 0.644. The molecule has 0 spiro atoms. The van der Waals surface area contributed by atoms with Gasteiger partial charge >= 0.3 is 0 Å². The van der Waals surface area contributed by atoms with E-state index in [1.54, 1.807) is 36.4 Å². The van der Waals surface area contributed by atoms with Crippen LogP contribution in [0.2, 0.25) is 0 Å². The van der Waals surface area contributed by atoms with E-state index in [0.29, 0.717) is 31.0 Å². The van der Waals surface area contributed by atoms with Crippen LogP contribution in [0.5, 0.6) is 5.75 Å². The van der Waals surface area contributed by atoms with E-state index in [-0.39, 0.29) is 10.8 Å². The van der Waals surface area contributed by atoms with Gasteiger partial charge in [0.05, 0.1) is 17.2 Å². The fraction of sp³-hybridized carbons (Fsp3) is 0.333. The fourth-order valence-electron chi connectivity index (χ4n) is 2.57. The van der Waals surface area contributed by atoms with Crippen molar-refractivity contribution in [2.24, 2.45) is 5.92 Å². The average molecular weight is 400 g/mol. The minimum atomic E-state index is -3.62. The van der Waals surface area contributed by atoms with Crippen LogP contribution in [0.25, 0.3) is 0 Å². The summed E-state index contributed by atoms with van der Waals surface area (Å²) < 4.78 is 32.1. The van der Waals surface area contributed by atoms with E-state index >= 15 is 0 Å². The number of hydrogen-bond donors (Lipinski definition) is 0. The third-order valence-electron chi connectivity index (χ3n) is 4.15. The molecule has 1 aliphatic rings. The number of sulfonamides is 1. The molecule has 0 bridgehead atoms. The third kappa shape index (κ3) is 4.05. The molecule has 0 radical (unpaired) electrons. The van der Waals surface area contributed by atoms with Crippen molar-refractivity contribution in [3.05, 3.63) is 54.6 Å². The average Bonchev–Trinajstić information content (AvgIpc) is 3.22. The molecule has 0 aromatic heterocycles. The number of nitrogens with zero attached hydrogens (tertiary/aromatic N) is 1. The van der Waals surface area contributed by atoms with Gasteiger partial charge in [-0.2, -0.15) is 0 Å². The van der Waals surface area contributed by atoms with Crippen LogP contribution in [-0.4, -0.2) is 25.9 Å². The van der Waals surface area contributed by atoms with E-state index in [0.717, 1.165) is 0 Å². The standard InChI is InChI=1S/C18H19Cl2NO3S/c1-2-21(15-6-4-3-5-7-15)25(22,23)17-10-8-16(9-11-17)24-13-14-12-18(14,19)20/h3-11,14H,2,12-13H2,1H3/t14-/m0/s1. The molecule has 4 nitrogen and oxygen atoms in total. The van der Waals surface area contributed by atoms with Crippen molar-refractivity contribution in [2.75, 3.05) is 17.5 Å². The minimum Gasteiger partial charge on any atom is -0.493 e. The number of alkyl halides is 2. The molecule has 2 aromatic carbocycles. The maximum absolute atomic E-state index is 12.9. The number of ether oxygens (including phenoxy) is 1. The highest BCUT2D eigenvalue weighted by Crippen LogP contribution is 2.53. The third-order valence-corrected chi connectivity index (χ3v) is 6.99. The van der Waals surface area contributed by atoms with E-state index in [1.807, 2.05) is 25.1 Å². The molecule has 0 amide bonds. The van der Waals surface area contributed by atoms with E-state index in [4.69, 9.17) is 27.9 Å². The van der Waals surface area contributed by atoms with Gasteiger partial charge in [0.2, 0.25) is 0 Å². The first kappa shape index (κ1) is 18.4. The molecule has 0 N–H and O–H groups in total. The van der Waals surface area contributed by atoms with Crippen LogP contribution in [-0.2, 0) is 10.0 Å². The van der Waals surface area contributed by atoms with Gasteiger partial charge < -0.3 is 4.74 Å². The van der Waals surface area contributed by atoms with Gasteiger partial charge in [-0.15, -0.1) is 23.2 Å². The van der Waals surface area contributed by atoms with Crippen LogP contribution in [0, 0.1) is 5.92 Å². The largest absolute Gasteiger partial charge is 0.493 e. The van der Waals surface area contributed by atoms with Gasteiger partial charge in [-0.25, -0.2) is 8.42 Å². The maximum atomic E-state index is 12.9. The summed E-state index contributed by atoms with van der Waals surface area (Å²) in [6.07, 6.45) is 0.713. The summed E-state index contributed by atoms with van der Waals surface area (Å²) in [5.41, 5.74) is 0.639. The molecule has 1 aliphatic carbocycles. The summed E-state index contributed by atoms with van der Waals surface area (Å²) in [6.45, 7) is 2.58. The van der Waals surface area contributed by atoms with Crippen LogP contribution < -0.4 is 9.04 Å². The summed E-state index contributed by atoms with van der Waals surface area (Å²) in [5.74, 6) is 0.714. The SMILES string of the molecule is CCN(c1ccccc1)S(=O)(=O)c1ccc(OC[C@@H]2CC2(Cl)Cl)cc1. The van der Waals surface area contributed by atoms with Gasteiger partial charge in [0, 0.05) is 12.5 Å². The molecule has 0 unspecified atom stereocenters. The number of halogens is 2. The van der Waals surface area contributed by atoms with E-state index in [1.165, 1.54) is 4.31 Å². The lowest BCUT2D eigenvalue weighted by molar-refractivity contribution is 0.298. The molecule has 1 saturated carbocycles. The fourth-order valence-corrected chi connectivity index (χ4v) is 4.54. The molecule has 1 fully saturated rings. The molecule has 2 aromatic rings. The number of rotatable bonds is 7. The summed E-state index contributed by atoms with van der Waals surface area (Å²) >= 11 is 11.9. The topological polar surface area (TPSA) is 46.6 Å². The summed E-state index contributed by atoms with van der Waals surface area (Å²) in [7, 11) is -3.62. The van der Waals surface area contributed by atoms with Gasteiger partial charge in [-0.1, -0.05) is 18.2 Å². The van der Waals surface area contributed by atoms with Crippen molar-refractivity contribution in [3.63, 3.8) is 0 Å². The van der Waals surface area contributed by atoms with Gasteiger partial charge in [0.1, 0.15) is 10.1 Å². The Morgan fingerprint density at radius 2 is 1.72 bits per heavy atom. The zero-order valence-electron chi connectivity index (χ0n) is 13.7. The highest BCUT2D eigenvalue weighted by atomic mass is 35.5. The lowest BCUT2D eigenvalue weighted by Gasteiger charge is -2.23. The Morgan fingerprint density at radius 1 is 1.12 bits per heavy atom. The summed E-state index contributed by atoms with van der Waals surface area (Å²) in [4.78, 5) is 0.223. The zero-order chi connectivity index (χ0) is 18.1. The molecule has 3 rings (SSSR count). The molecule has 134 valence electrons. The minimum absolute atomic E-state index is 0.118. The van der Waals surface area contributed by atoms with Crippen LogP contribution >= 0.6 is 23.2 Å². The molecule has 0 aliphatic heterocycles. The lowest BCUT2D eigenvalue weighted by atomic mass is 10.3. The first-order valence-corrected chi connectivity index (χ1v) is 10.2. The molecule has 25 heavy (non-hydrogen) atoms. The highest BCUT2D eigenvalue weighted by molar-refractivity contribution is 7.92. The second-order valence-electron chi connectivity index (χ2n) is 5.95. The van der Waals surface area contributed by atoms with Crippen molar-refractivity contribution >= 4 is 38.9 Å². The van der Waals surface area contributed by atoms with Gasteiger partial charge in [-0.3, -0.25) is 4.31 Å². The van der Waals surface area contributed by atoms with Crippen LogP contribution in [0.3, 0.4) is 0 Å². The summed E-state index contributed by atoms with van der Waals surface area (Å²) in [6, 6.07) is 15.4. The van der Waals surface area contributed by atoms with Gasteiger partial charge in [-0.05, 0) is 49.7 Å². The predicted molar refractivity (Wildman–Crippen MR) is 101 cm³/mol. The van der Waals surface area contributed by atoms with E-state index < -0.39 is 14.4 Å². The van der Waals surface area contributed by atoms with Crippen molar-refractivity contribution in [3.8, 4) is 5.75 Å². The van der Waals surface area contributed by atoms with Crippen molar-refractivity contribution in [2.45, 2.75) is 22.6 Å². The van der Waals surface area contributed by atoms with Crippen LogP contribution in [0.4, 0.5) is 5.69 Å². The second-order valence-corrected chi connectivity index (χ2v) is 9.35. The van der Waals surface area contributed by atoms with Gasteiger partial charge in [0.25, 0.3) is 10.0 Å². The van der Waals surface area contributed by atoms with Gasteiger partial charge in [0.15, 0.2) is 0 Å². The molecular weight excluding hydrogens is 381 g/mol. The van der Waals surface area contributed by atoms with Crippen molar-refractivity contribution < 1.29 is 13.2 Å². The monoisotopic (exact) mass is 399 g/mol. The summed E-state index contributed by atoms with van der Waals surface area (Å²) in [5, 5.41) is 0. The normalized spacial score (nSPS) is 18.6. The second kappa shape index (κ2) is 7.06. The molecule has 7 heteroatoms. The van der Waals surface area contributed by atoms with E-state index in [9.17, 15) is 8.42 Å². The highest BCUT2D eigenvalue weighted by Gasteiger charge is 2.52. The number of benzene rings is 2. The predicted octanol–water partition coefficient (Wildman–Crippen LogP) is 4.47. The molecule has 1 atom stereocenters. The van der Waals surface area contributed by atoms with Crippen molar-refractivity contribution in [1.82, 2.24) is 0 Å². The van der Waals surface area contributed by atoms with Crippen LogP contribution in [0.1, 0.15) is 13.3 Å². The maximum Gasteiger partial charge on any atom is 0.264 e. The Bertz CT molecular complexity index is 823. The molecule has 0 saturated heterocycles. The Hall–Kier alpha value is -1.43.